The summed E-state index contributed by atoms with van der Waals surface area (Å²) in [7, 11) is 0. The molecule has 2 heteroatoms. The van der Waals surface area contributed by atoms with Gasteiger partial charge in [-0.1, -0.05) is 26.7 Å². The molecule has 0 aromatic rings. The van der Waals surface area contributed by atoms with E-state index in [0.717, 1.165) is 32.1 Å². The molecule has 66 valence electrons. The fourth-order valence-electron chi connectivity index (χ4n) is 1.52. The Balaban J connectivity index is 3.88. The van der Waals surface area contributed by atoms with Gasteiger partial charge in [0.05, 0.1) is 0 Å². The molecule has 11 heavy (non-hydrogen) atoms. The highest BCUT2D eigenvalue weighted by molar-refractivity contribution is 5.47. The van der Waals surface area contributed by atoms with E-state index < -0.39 is 0 Å². The lowest BCUT2D eigenvalue weighted by molar-refractivity contribution is -0.111. The predicted octanol–water partition coefficient (Wildman–Crippen LogP) is 2.09. The Morgan fingerprint density at radius 3 is 2.00 bits per heavy atom. The zero-order chi connectivity index (χ0) is 8.74. The van der Waals surface area contributed by atoms with Crippen molar-refractivity contribution < 1.29 is 4.79 Å². The maximum absolute atomic E-state index is 10.3. The maximum atomic E-state index is 10.3. The second-order valence-corrected chi connectivity index (χ2v) is 3.32. The number of carbonyl (C=O) groups is 1. The number of carbonyl (C=O) groups excluding carboxylic acids is 1. The van der Waals surface area contributed by atoms with Crippen LogP contribution in [-0.4, -0.2) is 11.9 Å². The molecule has 0 saturated heterocycles. The third-order valence-electron chi connectivity index (χ3n) is 2.01. The van der Waals surface area contributed by atoms with Gasteiger partial charge in [-0.2, -0.15) is 0 Å². The summed E-state index contributed by atoms with van der Waals surface area (Å²) in [6.07, 6.45) is 5.19. The van der Waals surface area contributed by atoms with Crippen LogP contribution in [0, 0.1) is 0 Å². The first-order valence-electron chi connectivity index (χ1n) is 4.40. The van der Waals surface area contributed by atoms with Crippen molar-refractivity contribution in [2.24, 2.45) is 0 Å². The summed E-state index contributed by atoms with van der Waals surface area (Å²) in [6, 6.07) is 0. The number of amides is 1. The molecule has 0 bridgehead atoms. The molecule has 0 fully saturated rings. The van der Waals surface area contributed by atoms with E-state index in [1.165, 1.54) is 0 Å². The Hall–Kier alpha value is -0.530. The van der Waals surface area contributed by atoms with Gasteiger partial charge in [0.25, 0.3) is 0 Å². The van der Waals surface area contributed by atoms with Gasteiger partial charge in [-0.05, 0) is 19.8 Å². The number of hydrogen-bond acceptors (Lipinski definition) is 1. The molecule has 0 unspecified atom stereocenters. The topological polar surface area (TPSA) is 29.1 Å². The molecular weight excluding hydrogens is 138 g/mol. The summed E-state index contributed by atoms with van der Waals surface area (Å²) in [6.45, 7) is 6.38. The van der Waals surface area contributed by atoms with Crippen molar-refractivity contribution in [2.45, 2.75) is 52.0 Å². The largest absolute Gasteiger partial charge is 0.354 e. The van der Waals surface area contributed by atoms with Crippen LogP contribution in [0.4, 0.5) is 0 Å². The van der Waals surface area contributed by atoms with Crippen molar-refractivity contribution in [1.82, 2.24) is 5.32 Å². The first-order valence-corrected chi connectivity index (χ1v) is 4.40. The van der Waals surface area contributed by atoms with Gasteiger partial charge in [0.15, 0.2) is 0 Å². The van der Waals surface area contributed by atoms with Crippen LogP contribution >= 0.6 is 0 Å². The smallest absolute Gasteiger partial charge is 0.207 e. The predicted molar refractivity (Wildman–Crippen MR) is 47.4 cm³/mol. The van der Waals surface area contributed by atoms with E-state index in [0.29, 0.717) is 0 Å². The molecule has 2 nitrogen and oxygen atoms in total. The lowest BCUT2D eigenvalue weighted by Gasteiger charge is -2.28. The summed E-state index contributed by atoms with van der Waals surface area (Å²) in [5.74, 6) is 0. The normalized spacial score (nSPS) is 11.2. The molecule has 0 aromatic heterocycles. The van der Waals surface area contributed by atoms with Crippen molar-refractivity contribution in [3.8, 4) is 0 Å². The molecule has 0 saturated carbocycles. The lowest BCUT2D eigenvalue weighted by atomic mass is 9.91. The molecule has 0 aromatic carbocycles. The van der Waals surface area contributed by atoms with Crippen molar-refractivity contribution in [1.29, 1.82) is 0 Å². The van der Waals surface area contributed by atoms with Gasteiger partial charge in [-0.25, -0.2) is 0 Å². The van der Waals surface area contributed by atoms with Gasteiger partial charge in [0.2, 0.25) is 6.41 Å². The minimum absolute atomic E-state index is 0.0330. The molecule has 0 heterocycles. The summed E-state index contributed by atoms with van der Waals surface area (Å²) < 4.78 is 0. The Morgan fingerprint density at radius 1 is 1.27 bits per heavy atom. The molecule has 0 atom stereocenters. The lowest BCUT2D eigenvalue weighted by Crippen LogP contribution is -2.41. The summed E-state index contributed by atoms with van der Waals surface area (Å²) >= 11 is 0. The molecule has 0 aliphatic carbocycles. The van der Waals surface area contributed by atoms with Crippen LogP contribution in [0.5, 0.6) is 0 Å². The molecule has 0 radical (unpaired) electrons. The maximum Gasteiger partial charge on any atom is 0.207 e. The van der Waals surface area contributed by atoms with E-state index >= 15 is 0 Å². The molecule has 0 aliphatic rings. The second-order valence-electron chi connectivity index (χ2n) is 3.32. The summed E-state index contributed by atoms with van der Waals surface area (Å²) in [5, 5.41) is 2.88. The molecule has 0 aliphatic heterocycles. The van der Waals surface area contributed by atoms with Gasteiger partial charge in [-0.15, -0.1) is 0 Å². The number of rotatable bonds is 6. The quantitative estimate of drug-likeness (QED) is 0.588. The number of nitrogens with one attached hydrogen (secondary N) is 1. The van der Waals surface area contributed by atoms with Gasteiger partial charge in [0, 0.05) is 5.54 Å². The Morgan fingerprint density at radius 2 is 1.73 bits per heavy atom. The van der Waals surface area contributed by atoms with E-state index in [1.54, 1.807) is 0 Å². The number of hydrogen-bond donors (Lipinski definition) is 1. The van der Waals surface area contributed by atoms with Crippen molar-refractivity contribution >= 4 is 6.41 Å². The second kappa shape index (κ2) is 5.16. The first kappa shape index (κ1) is 10.5. The van der Waals surface area contributed by atoms with Gasteiger partial charge >= 0.3 is 0 Å². The van der Waals surface area contributed by atoms with Crippen LogP contribution in [0.2, 0.25) is 0 Å². The molecular formula is C9H19NO. The monoisotopic (exact) mass is 157 g/mol. The van der Waals surface area contributed by atoms with Gasteiger partial charge in [-0.3, -0.25) is 4.79 Å². The van der Waals surface area contributed by atoms with Crippen molar-refractivity contribution in [2.75, 3.05) is 0 Å². The molecule has 1 N–H and O–H groups in total. The highest BCUT2D eigenvalue weighted by Crippen LogP contribution is 2.17. The third-order valence-corrected chi connectivity index (χ3v) is 2.01. The van der Waals surface area contributed by atoms with Crippen molar-refractivity contribution in [3.63, 3.8) is 0 Å². The molecule has 1 amide bonds. The summed E-state index contributed by atoms with van der Waals surface area (Å²) in [4.78, 5) is 10.3. The highest BCUT2D eigenvalue weighted by Gasteiger charge is 2.20. The fourth-order valence-corrected chi connectivity index (χ4v) is 1.52. The Bertz CT molecular complexity index is 106. The van der Waals surface area contributed by atoms with E-state index in [1.807, 2.05) is 0 Å². The summed E-state index contributed by atoms with van der Waals surface area (Å²) in [5.41, 5.74) is 0.0330. The molecule has 0 spiro atoms. The standard InChI is InChI=1S/C9H19NO/c1-4-6-9(3,7-5-2)10-8-11/h8H,4-7H2,1-3H3,(H,10,11). The minimum Gasteiger partial charge on any atom is -0.354 e. The van der Waals surface area contributed by atoms with E-state index in [4.69, 9.17) is 0 Å². The van der Waals surface area contributed by atoms with Crippen LogP contribution in [0.25, 0.3) is 0 Å². The third kappa shape index (κ3) is 4.02. The zero-order valence-electron chi connectivity index (χ0n) is 7.81. The highest BCUT2D eigenvalue weighted by atomic mass is 16.1. The molecule has 0 rings (SSSR count). The van der Waals surface area contributed by atoms with Crippen molar-refractivity contribution in [3.05, 3.63) is 0 Å². The average Bonchev–Trinajstić information content (AvgIpc) is 1.88. The fraction of sp³-hybridized carbons (Fsp3) is 0.889. The van der Waals surface area contributed by atoms with Crippen LogP contribution in [0.3, 0.4) is 0 Å². The average molecular weight is 157 g/mol. The van der Waals surface area contributed by atoms with Gasteiger partial charge in [0.1, 0.15) is 0 Å². The van der Waals surface area contributed by atoms with E-state index in [9.17, 15) is 4.79 Å². The minimum atomic E-state index is 0.0330. The Labute approximate surface area is 69.4 Å². The van der Waals surface area contributed by atoms with Crippen LogP contribution in [-0.2, 0) is 4.79 Å². The van der Waals surface area contributed by atoms with Crippen LogP contribution in [0.15, 0.2) is 0 Å². The first-order chi connectivity index (χ1) is 5.18. The van der Waals surface area contributed by atoms with E-state index in [-0.39, 0.29) is 5.54 Å². The zero-order valence-corrected chi connectivity index (χ0v) is 7.81. The Kier molecular flexibility index (Phi) is 4.92. The van der Waals surface area contributed by atoms with Crippen LogP contribution < -0.4 is 5.32 Å². The SMILES string of the molecule is CCCC(C)(CCC)NC=O. The van der Waals surface area contributed by atoms with E-state index in [2.05, 4.69) is 26.1 Å². The van der Waals surface area contributed by atoms with Crippen LogP contribution in [0.1, 0.15) is 46.5 Å². The van der Waals surface area contributed by atoms with Gasteiger partial charge < -0.3 is 5.32 Å².